The first-order chi connectivity index (χ1) is 21.1. The lowest BCUT2D eigenvalue weighted by molar-refractivity contribution is -0.155. The van der Waals surface area contributed by atoms with Gasteiger partial charge in [0.15, 0.2) is 0 Å². The number of aliphatic hydroxyl groups excluding tert-OH is 1. The molecule has 0 aliphatic rings. The molecule has 0 aromatic rings. The Balaban J connectivity index is 5.69. The minimum atomic E-state index is -1.31. The van der Waals surface area contributed by atoms with Crippen molar-refractivity contribution in [1.82, 2.24) is 10.2 Å². The average Bonchev–Trinajstić information content (AvgIpc) is 2.93. The maximum atomic E-state index is 12.5. The van der Waals surface area contributed by atoms with E-state index in [-0.39, 0.29) is 43.6 Å². The van der Waals surface area contributed by atoms with Crippen LogP contribution in [0.4, 0.5) is 0 Å². The van der Waals surface area contributed by atoms with Gasteiger partial charge in [-0.3, -0.25) is 19.7 Å². The van der Waals surface area contributed by atoms with Gasteiger partial charge in [-0.05, 0) is 17.8 Å². The molecule has 0 aromatic heterocycles. The first-order valence-electron chi connectivity index (χ1n) is 13.9. The zero-order valence-corrected chi connectivity index (χ0v) is 26.2. The summed E-state index contributed by atoms with van der Waals surface area (Å²) in [6.07, 6.45) is -0.319. The number of ketones is 3. The number of esters is 3. The van der Waals surface area contributed by atoms with E-state index in [1.165, 1.54) is 0 Å². The van der Waals surface area contributed by atoms with Crippen molar-refractivity contribution >= 4 is 52.4 Å². The molecule has 0 saturated heterocycles. The summed E-state index contributed by atoms with van der Waals surface area (Å²) in [5.74, 6) is -6.67. The van der Waals surface area contributed by atoms with Crippen molar-refractivity contribution in [2.75, 3.05) is 33.3 Å². The number of nitrogens with one attached hydrogen (secondary N) is 1. The summed E-state index contributed by atoms with van der Waals surface area (Å²) in [4.78, 5) is 82.8. The van der Waals surface area contributed by atoms with E-state index in [1.54, 1.807) is 41.5 Å². The third-order valence-corrected chi connectivity index (χ3v) is 5.48. The van der Waals surface area contributed by atoms with Gasteiger partial charge in [-0.25, -0.2) is 19.3 Å². The van der Waals surface area contributed by atoms with Gasteiger partial charge < -0.3 is 35.9 Å². The molecular formula is C27H40N8O10. The molecule has 45 heavy (non-hydrogen) atoms. The van der Waals surface area contributed by atoms with Crippen molar-refractivity contribution in [2.45, 2.75) is 66.8 Å². The summed E-state index contributed by atoms with van der Waals surface area (Å²) in [7, 11) is 0. The van der Waals surface area contributed by atoms with Gasteiger partial charge in [-0.1, -0.05) is 41.5 Å². The van der Waals surface area contributed by atoms with E-state index >= 15 is 0 Å². The molecule has 0 aromatic carbocycles. The molecule has 0 aliphatic carbocycles. The van der Waals surface area contributed by atoms with E-state index in [1.807, 2.05) is 0 Å². The molecule has 0 fully saturated rings. The van der Waals surface area contributed by atoms with Crippen LogP contribution in [0.15, 0.2) is 0 Å². The molecule has 0 amide bonds. The largest absolute Gasteiger partial charge is 0.441 e. The van der Waals surface area contributed by atoms with Crippen LogP contribution in [0.2, 0.25) is 0 Å². The fourth-order valence-corrected chi connectivity index (χ4v) is 3.40. The quantitative estimate of drug-likeness (QED) is 0.0292. The van der Waals surface area contributed by atoms with Gasteiger partial charge in [0.05, 0.1) is 6.61 Å². The number of carbonyl (C=O) groups is 6. The van der Waals surface area contributed by atoms with Crippen molar-refractivity contribution < 1.29 is 62.5 Å². The van der Waals surface area contributed by atoms with Gasteiger partial charge in [-0.2, -0.15) is 14.4 Å². The van der Waals surface area contributed by atoms with Gasteiger partial charge >= 0.3 is 35.0 Å². The Bertz CT molecular complexity index is 1200. The van der Waals surface area contributed by atoms with Crippen LogP contribution in [0.25, 0.3) is 16.6 Å². The zero-order chi connectivity index (χ0) is 34.7. The molecular weight excluding hydrogens is 596 g/mol. The normalized spacial score (nSPS) is 11.3. The Hall–Kier alpha value is -4.56. The van der Waals surface area contributed by atoms with Gasteiger partial charge in [0, 0.05) is 31.8 Å². The van der Waals surface area contributed by atoms with Crippen molar-refractivity contribution in [2.24, 2.45) is 17.8 Å². The molecule has 1 unspecified atom stereocenters. The van der Waals surface area contributed by atoms with Crippen molar-refractivity contribution in [1.29, 1.82) is 0 Å². The summed E-state index contributed by atoms with van der Waals surface area (Å²) in [5, 5.41) is 12.5. The van der Waals surface area contributed by atoms with Gasteiger partial charge in [0.25, 0.3) is 17.3 Å². The molecule has 0 spiro atoms. The highest BCUT2D eigenvalue weighted by molar-refractivity contribution is 6.63. The highest BCUT2D eigenvalue weighted by Crippen LogP contribution is 2.05. The smallest absolute Gasteiger partial charge is 0.441 e. The van der Waals surface area contributed by atoms with Crippen LogP contribution >= 0.6 is 0 Å². The number of hydrogen-bond donors (Lipinski definition) is 2. The molecule has 0 heterocycles. The second-order valence-corrected chi connectivity index (χ2v) is 11.0. The lowest BCUT2D eigenvalue weighted by Gasteiger charge is -2.25. The second-order valence-electron chi connectivity index (χ2n) is 11.0. The Morgan fingerprint density at radius 1 is 0.644 bits per heavy atom. The van der Waals surface area contributed by atoms with Crippen LogP contribution in [0, 0.1) is 17.8 Å². The van der Waals surface area contributed by atoms with E-state index in [4.69, 9.17) is 30.8 Å². The van der Waals surface area contributed by atoms with Crippen LogP contribution in [0.3, 0.4) is 0 Å². The molecule has 1 atom stereocenters. The third kappa shape index (κ3) is 15.6. The highest BCUT2D eigenvalue weighted by Gasteiger charge is 2.34. The van der Waals surface area contributed by atoms with Crippen LogP contribution in [0.1, 0.15) is 60.8 Å². The average molecular weight is 637 g/mol. The maximum absolute atomic E-state index is 12.5. The molecule has 0 rings (SSSR count). The number of Topliss-reactive ketones (excluding diaryl/α,β-unsaturated/α-hetero) is 3. The SMILES string of the molecule is CC(C)CC(=O)C(=[N+]=[N-])C(=O)OCNC(CO)CN(COC(=O)C(=[N+]=[N-])C(=O)CC(C)C)COC(=O)C(=[N+]=[N-])C(=O)CC(C)C. The molecule has 0 radical (unpaired) electrons. The van der Waals surface area contributed by atoms with E-state index in [0.29, 0.717) is 0 Å². The van der Waals surface area contributed by atoms with Gasteiger partial charge in [-0.15, -0.1) is 0 Å². The number of hydrogen-bond acceptors (Lipinski definition) is 12. The topological polar surface area (TPSA) is 275 Å². The van der Waals surface area contributed by atoms with E-state index in [0.717, 1.165) is 4.90 Å². The van der Waals surface area contributed by atoms with Crippen molar-refractivity contribution in [3.63, 3.8) is 0 Å². The molecule has 0 aliphatic heterocycles. The molecule has 18 nitrogen and oxygen atoms in total. The Kier molecular flexibility index (Phi) is 19.0. The molecule has 0 saturated carbocycles. The lowest BCUT2D eigenvalue weighted by Crippen LogP contribution is -2.47. The van der Waals surface area contributed by atoms with Gasteiger partial charge in [0.2, 0.25) is 0 Å². The molecule has 2 N–H and O–H groups in total. The fraction of sp³-hybridized carbons (Fsp3) is 0.667. The summed E-state index contributed by atoms with van der Waals surface area (Å²) in [6.45, 7) is 7.27. The van der Waals surface area contributed by atoms with E-state index in [9.17, 15) is 33.9 Å². The maximum Gasteiger partial charge on any atom is 0.441 e. The Morgan fingerprint density at radius 2 is 0.978 bits per heavy atom. The molecule has 248 valence electrons. The summed E-state index contributed by atoms with van der Waals surface area (Å²) >= 11 is 0. The molecule has 0 bridgehead atoms. The minimum absolute atomic E-state index is 0.0782. The highest BCUT2D eigenvalue weighted by atomic mass is 16.6. The Morgan fingerprint density at radius 3 is 1.27 bits per heavy atom. The van der Waals surface area contributed by atoms with Crippen LogP contribution in [-0.2, 0) is 43.0 Å². The number of ether oxygens (including phenoxy) is 3. The predicted octanol–water partition coefficient (Wildman–Crippen LogP) is -0.401. The fourth-order valence-electron chi connectivity index (χ4n) is 3.40. The standard InChI is InChI=1S/C27H40N8O10/c1-15(2)7-19(37)22(32-28)25(40)43-12-31-18(11-36)10-35(13-44-26(41)23(33-29)20(38)8-16(3)4)14-45-27(42)24(34-30)21(39)9-17(5)6/h15-18,31,36H,7-14H2,1-6H3. The minimum Gasteiger partial charge on any atom is -0.441 e. The van der Waals surface area contributed by atoms with Crippen molar-refractivity contribution in [3.05, 3.63) is 16.6 Å². The zero-order valence-electron chi connectivity index (χ0n) is 26.2. The third-order valence-electron chi connectivity index (χ3n) is 5.48. The van der Waals surface area contributed by atoms with Crippen LogP contribution in [-0.4, -0.2) is 116 Å². The lowest BCUT2D eigenvalue weighted by atomic mass is 10.0. The second kappa shape index (κ2) is 21.2. The summed E-state index contributed by atoms with van der Waals surface area (Å²) in [6, 6.07) is -0.988. The summed E-state index contributed by atoms with van der Waals surface area (Å²) in [5.41, 5.74) is 24.8. The van der Waals surface area contributed by atoms with Crippen LogP contribution < -0.4 is 5.32 Å². The van der Waals surface area contributed by atoms with Crippen LogP contribution in [0.5, 0.6) is 0 Å². The number of aliphatic hydroxyl groups is 1. The number of nitrogens with zero attached hydrogens (tertiary/aromatic N) is 7. The first-order valence-corrected chi connectivity index (χ1v) is 13.9. The molecule has 18 heteroatoms. The Labute approximate surface area is 259 Å². The van der Waals surface area contributed by atoms with Crippen molar-refractivity contribution in [3.8, 4) is 0 Å². The number of rotatable bonds is 22. The predicted molar refractivity (Wildman–Crippen MR) is 153 cm³/mol. The number of carbonyl (C=O) groups excluding carboxylic acids is 6. The monoisotopic (exact) mass is 636 g/mol. The summed E-state index contributed by atoms with van der Waals surface area (Å²) < 4.78 is 15.0. The first kappa shape index (κ1) is 40.4. The van der Waals surface area contributed by atoms with E-state index in [2.05, 4.69) is 19.7 Å². The van der Waals surface area contributed by atoms with E-state index < -0.39 is 85.2 Å². The van der Waals surface area contributed by atoms with Gasteiger partial charge in [0.1, 0.15) is 20.2 Å².